The van der Waals surface area contributed by atoms with Gasteiger partial charge in [0, 0.05) is 19.2 Å². The van der Waals surface area contributed by atoms with E-state index >= 15 is 0 Å². The van der Waals surface area contributed by atoms with Crippen molar-refractivity contribution in [2.75, 3.05) is 0 Å². The minimum atomic E-state index is 0.0983. The Morgan fingerprint density at radius 2 is 1.68 bits per heavy atom. The van der Waals surface area contributed by atoms with Gasteiger partial charge < -0.3 is 0 Å². The van der Waals surface area contributed by atoms with Crippen LogP contribution in [-0.4, -0.2) is 5.78 Å². The fourth-order valence-electron chi connectivity index (χ4n) is 1.99. The molecule has 0 aromatic heterocycles. The van der Waals surface area contributed by atoms with Crippen molar-refractivity contribution < 1.29 is 4.79 Å². The van der Waals surface area contributed by atoms with Crippen molar-refractivity contribution in [2.24, 2.45) is 0 Å². The average Bonchev–Trinajstić information content (AvgIpc) is 2.36. The molecule has 98 valence electrons. The monoisotopic (exact) mass is 428 g/mol. The first-order chi connectivity index (χ1) is 8.91. The van der Waals surface area contributed by atoms with Gasteiger partial charge in [-0.25, -0.2) is 0 Å². The van der Waals surface area contributed by atoms with Crippen LogP contribution in [0.15, 0.2) is 34.8 Å². The molecule has 0 saturated heterocycles. The van der Waals surface area contributed by atoms with Gasteiger partial charge in [-0.05, 0) is 78.3 Å². The number of hydrogen-bond acceptors (Lipinski definition) is 1. The van der Waals surface area contributed by atoms with Crippen LogP contribution in [0.1, 0.15) is 32.6 Å². The highest BCUT2D eigenvalue weighted by atomic mass is 127. The summed E-state index contributed by atoms with van der Waals surface area (Å²) in [6, 6.07) is 9.82. The van der Waals surface area contributed by atoms with E-state index in [1.165, 1.54) is 0 Å². The lowest BCUT2D eigenvalue weighted by Gasteiger charge is -2.10. The van der Waals surface area contributed by atoms with E-state index in [2.05, 4.69) is 38.5 Å². The summed E-state index contributed by atoms with van der Waals surface area (Å²) in [6.07, 6.45) is 0. The average molecular weight is 429 g/mol. The van der Waals surface area contributed by atoms with Crippen LogP contribution < -0.4 is 0 Å². The lowest BCUT2D eigenvalue weighted by molar-refractivity contribution is 0.103. The summed E-state index contributed by atoms with van der Waals surface area (Å²) in [4.78, 5) is 12.7. The van der Waals surface area contributed by atoms with E-state index in [-0.39, 0.29) is 5.78 Å². The molecular weight excluding hydrogens is 415 g/mol. The summed E-state index contributed by atoms with van der Waals surface area (Å²) in [6.45, 7) is 6.00. The van der Waals surface area contributed by atoms with Gasteiger partial charge in [0.15, 0.2) is 5.78 Å². The molecule has 0 radical (unpaired) electrons. The summed E-state index contributed by atoms with van der Waals surface area (Å²) in [7, 11) is 0. The number of hydrogen-bond donors (Lipinski definition) is 0. The molecule has 2 aromatic carbocycles. The van der Waals surface area contributed by atoms with E-state index in [1.807, 2.05) is 51.1 Å². The molecule has 0 saturated carbocycles. The molecule has 0 heterocycles. The van der Waals surface area contributed by atoms with Gasteiger partial charge in [-0.1, -0.05) is 28.1 Å². The Morgan fingerprint density at radius 3 is 2.37 bits per heavy atom. The molecule has 0 aliphatic rings. The van der Waals surface area contributed by atoms with Gasteiger partial charge in [-0.2, -0.15) is 0 Å². The summed E-state index contributed by atoms with van der Waals surface area (Å²) in [5.41, 5.74) is 4.78. The molecule has 2 rings (SSSR count). The molecule has 0 N–H and O–H groups in total. The van der Waals surface area contributed by atoms with Crippen molar-refractivity contribution >= 4 is 44.3 Å². The van der Waals surface area contributed by atoms with Crippen LogP contribution >= 0.6 is 38.5 Å². The zero-order chi connectivity index (χ0) is 14.2. The van der Waals surface area contributed by atoms with Crippen molar-refractivity contribution in [2.45, 2.75) is 20.8 Å². The third-order valence-corrected chi connectivity index (χ3v) is 5.47. The van der Waals surface area contributed by atoms with Gasteiger partial charge in [0.25, 0.3) is 0 Å². The standard InChI is InChI=1S/C16H14BrIO/c1-9-5-4-6-12(15(9)18)16(19)13-7-11(3)14(17)8-10(13)2/h4-8H,1-3H3. The highest BCUT2D eigenvalue weighted by Gasteiger charge is 2.16. The van der Waals surface area contributed by atoms with Crippen molar-refractivity contribution in [3.63, 3.8) is 0 Å². The molecule has 1 nitrogen and oxygen atoms in total. The van der Waals surface area contributed by atoms with E-state index < -0.39 is 0 Å². The Labute approximate surface area is 135 Å². The Hall–Kier alpha value is -0.680. The molecule has 0 spiro atoms. The van der Waals surface area contributed by atoms with Gasteiger partial charge in [0.1, 0.15) is 0 Å². The fraction of sp³-hybridized carbons (Fsp3) is 0.188. The summed E-state index contributed by atoms with van der Waals surface area (Å²) >= 11 is 5.74. The first-order valence-electron chi connectivity index (χ1n) is 5.98. The first kappa shape index (κ1) is 14.7. The van der Waals surface area contributed by atoms with Crippen LogP contribution in [0.25, 0.3) is 0 Å². The van der Waals surface area contributed by atoms with Crippen LogP contribution in [-0.2, 0) is 0 Å². The minimum absolute atomic E-state index is 0.0983. The second-order valence-corrected chi connectivity index (χ2v) is 6.61. The molecule has 0 amide bonds. The Kier molecular flexibility index (Phi) is 4.46. The maximum Gasteiger partial charge on any atom is 0.194 e. The molecular formula is C16H14BrIO. The number of carbonyl (C=O) groups excluding carboxylic acids is 1. The molecule has 2 aromatic rings. The molecule has 0 aliphatic heterocycles. The zero-order valence-corrected chi connectivity index (χ0v) is 14.8. The number of ketones is 1. The van der Waals surface area contributed by atoms with Crippen molar-refractivity contribution in [3.05, 3.63) is 66.2 Å². The lowest BCUT2D eigenvalue weighted by Crippen LogP contribution is -2.07. The van der Waals surface area contributed by atoms with Crippen molar-refractivity contribution in [1.82, 2.24) is 0 Å². The lowest BCUT2D eigenvalue weighted by atomic mass is 9.96. The summed E-state index contributed by atoms with van der Waals surface area (Å²) in [5, 5.41) is 0. The number of rotatable bonds is 2. The van der Waals surface area contributed by atoms with E-state index in [0.29, 0.717) is 0 Å². The molecule has 0 unspecified atom stereocenters. The summed E-state index contributed by atoms with van der Waals surface area (Å²) in [5.74, 6) is 0.0983. The fourth-order valence-corrected chi connectivity index (χ4v) is 3.06. The van der Waals surface area contributed by atoms with Crippen molar-refractivity contribution in [3.8, 4) is 0 Å². The molecule has 0 aliphatic carbocycles. The third-order valence-electron chi connectivity index (χ3n) is 3.19. The van der Waals surface area contributed by atoms with E-state index in [0.717, 1.165) is 35.9 Å². The molecule has 19 heavy (non-hydrogen) atoms. The molecule has 0 atom stereocenters. The highest BCUT2D eigenvalue weighted by Crippen LogP contribution is 2.25. The highest BCUT2D eigenvalue weighted by molar-refractivity contribution is 14.1. The maximum absolute atomic E-state index is 12.7. The minimum Gasteiger partial charge on any atom is -0.289 e. The van der Waals surface area contributed by atoms with Crippen LogP contribution in [0.4, 0.5) is 0 Å². The SMILES string of the molecule is Cc1cc(C(=O)c2cccc(C)c2I)c(C)cc1Br. The molecule has 3 heteroatoms. The second-order valence-electron chi connectivity index (χ2n) is 4.68. The van der Waals surface area contributed by atoms with Gasteiger partial charge in [0.2, 0.25) is 0 Å². The first-order valence-corrected chi connectivity index (χ1v) is 7.85. The predicted molar refractivity (Wildman–Crippen MR) is 90.9 cm³/mol. The maximum atomic E-state index is 12.7. The number of carbonyl (C=O) groups is 1. The number of aryl methyl sites for hydroxylation is 3. The quantitative estimate of drug-likeness (QED) is 0.474. The second kappa shape index (κ2) is 5.75. The topological polar surface area (TPSA) is 17.1 Å². The Morgan fingerprint density at radius 1 is 1.00 bits per heavy atom. The number of benzene rings is 2. The van der Waals surface area contributed by atoms with Gasteiger partial charge in [0.05, 0.1) is 0 Å². The zero-order valence-electron chi connectivity index (χ0n) is 11.1. The van der Waals surface area contributed by atoms with Crippen LogP contribution in [0.5, 0.6) is 0 Å². The van der Waals surface area contributed by atoms with Gasteiger partial charge in [-0.3, -0.25) is 4.79 Å². The molecule has 0 fully saturated rings. The van der Waals surface area contributed by atoms with Gasteiger partial charge in [-0.15, -0.1) is 0 Å². The largest absolute Gasteiger partial charge is 0.289 e. The van der Waals surface area contributed by atoms with E-state index in [4.69, 9.17) is 0 Å². The van der Waals surface area contributed by atoms with Crippen LogP contribution in [0, 0.1) is 24.3 Å². The van der Waals surface area contributed by atoms with Gasteiger partial charge >= 0.3 is 0 Å². The molecule has 0 bridgehead atoms. The predicted octanol–water partition coefficient (Wildman–Crippen LogP) is 5.21. The third kappa shape index (κ3) is 2.92. The number of halogens is 2. The normalized spacial score (nSPS) is 10.6. The van der Waals surface area contributed by atoms with Crippen LogP contribution in [0.2, 0.25) is 0 Å². The summed E-state index contributed by atoms with van der Waals surface area (Å²) < 4.78 is 2.07. The smallest absolute Gasteiger partial charge is 0.194 e. The Bertz CT molecular complexity index is 662. The van der Waals surface area contributed by atoms with Crippen LogP contribution in [0.3, 0.4) is 0 Å². The Balaban J connectivity index is 2.56. The van der Waals surface area contributed by atoms with E-state index in [1.54, 1.807) is 0 Å². The van der Waals surface area contributed by atoms with E-state index in [9.17, 15) is 4.79 Å². The van der Waals surface area contributed by atoms with Crippen molar-refractivity contribution in [1.29, 1.82) is 0 Å².